The SMILES string of the molecule is COc1ccc(/C=N/NC(=O)C2CC(c3cc(Cl)ccc3Cl)NN2)cc1. The van der Waals surface area contributed by atoms with Gasteiger partial charge in [0.1, 0.15) is 11.8 Å². The molecule has 136 valence electrons. The molecule has 26 heavy (non-hydrogen) atoms. The molecule has 0 aliphatic carbocycles. The Morgan fingerprint density at radius 1 is 1.23 bits per heavy atom. The fraction of sp³-hybridized carbons (Fsp3) is 0.222. The lowest BCUT2D eigenvalue weighted by atomic mass is 10.0. The normalized spacial score (nSPS) is 19.7. The second-order valence-electron chi connectivity index (χ2n) is 5.80. The highest BCUT2D eigenvalue weighted by Crippen LogP contribution is 2.30. The standard InChI is InChI=1S/C18H18Cl2N4O2/c1-26-13-5-2-11(3-6-13)10-21-24-18(25)17-9-16(22-23-17)14-8-12(19)4-7-15(14)20/h2-8,10,16-17,22-23H,9H2,1H3,(H,24,25)/b21-10+. The van der Waals surface area contributed by atoms with Crippen LogP contribution in [-0.2, 0) is 4.79 Å². The van der Waals surface area contributed by atoms with E-state index < -0.39 is 6.04 Å². The first-order valence-corrected chi connectivity index (χ1v) is 8.75. The van der Waals surface area contributed by atoms with Crippen LogP contribution in [0.3, 0.4) is 0 Å². The molecule has 1 aliphatic heterocycles. The molecule has 1 heterocycles. The Morgan fingerprint density at radius 3 is 2.73 bits per heavy atom. The molecule has 2 aromatic rings. The number of carbonyl (C=O) groups is 1. The lowest BCUT2D eigenvalue weighted by Crippen LogP contribution is -2.41. The summed E-state index contributed by atoms with van der Waals surface area (Å²) in [5, 5.41) is 5.19. The molecule has 0 radical (unpaired) electrons. The van der Waals surface area contributed by atoms with Gasteiger partial charge in [-0.25, -0.2) is 16.3 Å². The summed E-state index contributed by atoms with van der Waals surface area (Å²) in [4.78, 5) is 12.3. The lowest BCUT2D eigenvalue weighted by Gasteiger charge is -2.12. The van der Waals surface area contributed by atoms with Crippen molar-refractivity contribution in [3.63, 3.8) is 0 Å². The number of hydrazine groups is 1. The van der Waals surface area contributed by atoms with Crippen molar-refractivity contribution in [1.29, 1.82) is 0 Å². The molecule has 2 unspecified atom stereocenters. The lowest BCUT2D eigenvalue weighted by molar-refractivity contribution is -0.122. The van der Waals surface area contributed by atoms with Crippen molar-refractivity contribution >= 4 is 35.3 Å². The van der Waals surface area contributed by atoms with Gasteiger partial charge in [-0.3, -0.25) is 4.79 Å². The van der Waals surface area contributed by atoms with Crippen LogP contribution < -0.4 is 21.0 Å². The van der Waals surface area contributed by atoms with E-state index >= 15 is 0 Å². The number of hydrogen-bond donors (Lipinski definition) is 3. The summed E-state index contributed by atoms with van der Waals surface area (Å²) in [6.45, 7) is 0. The van der Waals surface area contributed by atoms with Crippen LogP contribution in [0.15, 0.2) is 47.6 Å². The maximum absolute atomic E-state index is 12.3. The predicted octanol–water partition coefficient (Wildman–Crippen LogP) is 3.06. The number of nitrogens with zero attached hydrogens (tertiary/aromatic N) is 1. The quantitative estimate of drug-likeness (QED) is 0.539. The minimum Gasteiger partial charge on any atom is -0.497 e. The third-order valence-corrected chi connectivity index (χ3v) is 4.64. The second-order valence-corrected chi connectivity index (χ2v) is 6.65. The number of rotatable bonds is 5. The molecule has 0 spiro atoms. The van der Waals surface area contributed by atoms with E-state index in [0.717, 1.165) is 16.9 Å². The Kier molecular flexibility index (Phi) is 6.11. The number of benzene rings is 2. The Bertz CT molecular complexity index is 811. The molecular weight excluding hydrogens is 375 g/mol. The Morgan fingerprint density at radius 2 is 2.00 bits per heavy atom. The molecule has 1 saturated heterocycles. The molecule has 0 bridgehead atoms. The number of amides is 1. The van der Waals surface area contributed by atoms with Crippen LogP contribution in [0.2, 0.25) is 10.0 Å². The van der Waals surface area contributed by atoms with Gasteiger partial charge in [-0.2, -0.15) is 5.10 Å². The van der Waals surface area contributed by atoms with Gasteiger partial charge >= 0.3 is 0 Å². The predicted molar refractivity (Wildman–Crippen MR) is 103 cm³/mol. The van der Waals surface area contributed by atoms with Crippen molar-refractivity contribution in [1.82, 2.24) is 16.3 Å². The fourth-order valence-corrected chi connectivity index (χ4v) is 3.08. The summed E-state index contributed by atoms with van der Waals surface area (Å²) >= 11 is 12.2. The molecular formula is C18H18Cl2N4O2. The largest absolute Gasteiger partial charge is 0.497 e. The van der Waals surface area contributed by atoms with Crippen molar-refractivity contribution in [2.24, 2.45) is 5.10 Å². The van der Waals surface area contributed by atoms with Crippen molar-refractivity contribution in [2.45, 2.75) is 18.5 Å². The molecule has 0 aromatic heterocycles. The molecule has 8 heteroatoms. The third-order valence-electron chi connectivity index (χ3n) is 4.06. The molecule has 1 amide bonds. The highest BCUT2D eigenvalue weighted by molar-refractivity contribution is 6.33. The van der Waals surface area contributed by atoms with E-state index in [0.29, 0.717) is 16.5 Å². The summed E-state index contributed by atoms with van der Waals surface area (Å²) in [5.74, 6) is 0.529. The molecule has 3 rings (SSSR count). The minimum atomic E-state index is -0.428. The monoisotopic (exact) mass is 392 g/mol. The van der Waals surface area contributed by atoms with E-state index in [4.69, 9.17) is 27.9 Å². The summed E-state index contributed by atoms with van der Waals surface area (Å²) in [5.41, 5.74) is 10.3. The van der Waals surface area contributed by atoms with Crippen molar-refractivity contribution in [3.8, 4) is 5.75 Å². The average Bonchev–Trinajstić information content (AvgIpc) is 3.14. The first-order valence-electron chi connectivity index (χ1n) is 8.00. The second kappa shape index (κ2) is 8.51. The summed E-state index contributed by atoms with van der Waals surface area (Å²) in [6, 6.07) is 12.1. The maximum Gasteiger partial charge on any atom is 0.258 e. The van der Waals surface area contributed by atoms with Gasteiger partial charge in [0.2, 0.25) is 0 Å². The fourth-order valence-electron chi connectivity index (χ4n) is 2.65. The minimum absolute atomic E-state index is 0.109. The number of ether oxygens (including phenoxy) is 1. The van der Waals surface area contributed by atoms with Crippen LogP contribution in [-0.4, -0.2) is 25.3 Å². The zero-order valence-corrected chi connectivity index (χ0v) is 15.5. The van der Waals surface area contributed by atoms with Gasteiger partial charge in [0.25, 0.3) is 5.91 Å². The van der Waals surface area contributed by atoms with Crippen molar-refractivity contribution in [2.75, 3.05) is 7.11 Å². The number of nitrogens with one attached hydrogen (secondary N) is 3. The molecule has 2 atom stereocenters. The molecule has 1 aliphatic rings. The van der Waals surface area contributed by atoms with Crippen molar-refractivity contribution in [3.05, 3.63) is 63.6 Å². The summed E-state index contributed by atoms with van der Waals surface area (Å²) in [7, 11) is 1.61. The molecule has 6 nitrogen and oxygen atoms in total. The van der Waals surface area contributed by atoms with Crippen LogP contribution in [0.25, 0.3) is 0 Å². The molecule has 1 fully saturated rings. The zero-order chi connectivity index (χ0) is 18.5. The van der Waals surface area contributed by atoms with E-state index in [-0.39, 0.29) is 11.9 Å². The first kappa shape index (κ1) is 18.7. The van der Waals surface area contributed by atoms with Crippen LogP contribution in [0.1, 0.15) is 23.6 Å². The molecule has 3 N–H and O–H groups in total. The zero-order valence-electron chi connectivity index (χ0n) is 14.0. The Balaban J connectivity index is 1.55. The van der Waals surface area contributed by atoms with Crippen molar-refractivity contribution < 1.29 is 9.53 Å². The number of hydrogen-bond acceptors (Lipinski definition) is 5. The van der Waals surface area contributed by atoms with Gasteiger partial charge in [0, 0.05) is 16.1 Å². The number of carbonyl (C=O) groups excluding carboxylic acids is 1. The average molecular weight is 393 g/mol. The van der Waals surface area contributed by atoms with E-state index in [9.17, 15) is 4.79 Å². The smallest absolute Gasteiger partial charge is 0.258 e. The van der Waals surface area contributed by atoms with Crippen LogP contribution in [0.4, 0.5) is 0 Å². The Hall–Kier alpha value is -2.12. The highest BCUT2D eigenvalue weighted by Gasteiger charge is 2.31. The van der Waals surface area contributed by atoms with Gasteiger partial charge < -0.3 is 4.74 Å². The highest BCUT2D eigenvalue weighted by atomic mass is 35.5. The molecule has 2 aromatic carbocycles. The van der Waals surface area contributed by atoms with Gasteiger partial charge in [0.05, 0.1) is 13.3 Å². The number of halogens is 2. The first-order chi connectivity index (χ1) is 12.6. The third kappa shape index (κ3) is 4.53. The van der Waals surface area contributed by atoms with Gasteiger partial charge in [-0.1, -0.05) is 23.2 Å². The van der Waals surface area contributed by atoms with Gasteiger partial charge in [-0.15, -0.1) is 0 Å². The summed E-state index contributed by atoms with van der Waals surface area (Å²) in [6.07, 6.45) is 2.11. The van der Waals surface area contributed by atoms with E-state index in [1.807, 2.05) is 24.3 Å². The van der Waals surface area contributed by atoms with E-state index in [1.165, 1.54) is 0 Å². The van der Waals surface area contributed by atoms with Gasteiger partial charge in [-0.05, 0) is 60.0 Å². The van der Waals surface area contributed by atoms with Crippen LogP contribution >= 0.6 is 23.2 Å². The number of hydrazone groups is 1. The number of methoxy groups -OCH3 is 1. The van der Waals surface area contributed by atoms with E-state index in [1.54, 1.807) is 31.5 Å². The summed E-state index contributed by atoms with van der Waals surface area (Å²) < 4.78 is 5.09. The van der Waals surface area contributed by atoms with Gasteiger partial charge in [0.15, 0.2) is 0 Å². The molecule has 0 saturated carbocycles. The van der Waals surface area contributed by atoms with E-state index in [2.05, 4.69) is 21.4 Å². The maximum atomic E-state index is 12.3. The van der Waals surface area contributed by atoms with Crippen LogP contribution in [0.5, 0.6) is 5.75 Å². The van der Waals surface area contributed by atoms with Crippen LogP contribution in [0, 0.1) is 0 Å². The topological polar surface area (TPSA) is 74.8 Å². The Labute approximate surface area is 161 Å².